The van der Waals surface area contributed by atoms with Crippen LogP contribution in [0.15, 0.2) is 138 Å². The van der Waals surface area contributed by atoms with E-state index >= 15 is 0 Å². The summed E-state index contributed by atoms with van der Waals surface area (Å²) in [5.74, 6) is 1.85. The normalized spacial score (nSPS) is 11.7. The second-order valence-electron chi connectivity index (χ2n) is 10.7. The van der Waals surface area contributed by atoms with Gasteiger partial charge in [0, 0.05) is 39.0 Å². The fourth-order valence-corrected chi connectivity index (χ4v) is 6.16. The van der Waals surface area contributed by atoms with Gasteiger partial charge in [0.2, 0.25) is 0 Å². The van der Waals surface area contributed by atoms with Gasteiger partial charge in [0.05, 0.1) is 5.52 Å². The van der Waals surface area contributed by atoms with E-state index in [4.69, 9.17) is 19.4 Å². The monoisotopic (exact) mass is 550 g/mol. The molecule has 0 unspecified atom stereocenters. The Labute approximate surface area is 246 Å². The molecule has 0 aliphatic heterocycles. The number of fused-ring (bicyclic) bond motifs is 8. The van der Waals surface area contributed by atoms with Crippen molar-refractivity contribution in [3.8, 4) is 34.2 Å². The van der Waals surface area contributed by atoms with E-state index in [1.165, 1.54) is 16.2 Å². The van der Waals surface area contributed by atoms with Crippen LogP contribution in [0.1, 0.15) is 0 Å². The van der Waals surface area contributed by atoms with Crippen LogP contribution in [-0.4, -0.2) is 19.9 Å². The molecule has 0 radical (unpaired) electrons. The molecule has 0 saturated heterocycles. The summed E-state index contributed by atoms with van der Waals surface area (Å²) >= 11 is 0. The van der Waals surface area contributed by atoms with Crippen LogP contribution in [0.3, 0.4) is 0 Å². The second-order valence-corrected chi connectivity index (χ2v) is 10.7. The molecule has 5 nitrogen and oxygen atoms in total. The van der Waals surface area contributed by atoms with Gasteiger partial charge in [0.1, 0.15) is 11.2 Å². The zero-order valence-corrected chi connectivity index (χ0v) is 22.9. The van der Waals surface area contributed by atoms with Crippen molar-refractivity contribution in [2.24, 2.45) is 0 Å². The summed E-state index contributed by atoms with van der Waals surface area (Å²) in [6.45, 7) is 0. The SMILES string of the molecule is c1ccc(-c2nc(-c3ccc4c(ccc5ccc6ncccc6c54)c3)nc(-c3cccc4oc5ccccc5c34)n2)cc1. The Kier molecular flexibility index (Phi) is 5.13. The summed E-state index contributed by atoms with van der Waals surface area (Å²) in [5, 5.41) is 7.87. The smallest absolute Gasteiger partial charge is 0.164 e. The molecule has 0 saturated carbocycles. The molecule has 0 aliphatic rings. The topological polar surface area (TPSA) is 64.7 Å². The van der Waals surface area contributed by atoms with E-state index in [0.717, 1.165) is 54.9 Å². The summed E-state index contributed by atoms with van der Waals surface area (Å²) in [6.07, 6.45) is 1.84. The van der Waals surface area contributed by atoms with Crippen LogP contribution in [0.25, 0.3) is 88.5 Å². The third-order valence-corrected chi connectivity index (χ3v) is 8.15. The zero-order valence-electron chi connectivity index (χ0n) is 22.9. The van der Waals surface area contributed by atoms with Crippen LogP contribution >= 0.6 is 0 Å². The minimum Gasteiger partial charge on any atom is -0.456 e. The van der Waals surface area contributed by atoms with Crippen LogP contribution in [0.2, 0.25) is 0 Å². The highest BCUT2D eigenvalue weighted by Gasteiger charge is 2.18. The number of hydrogen-bond acceptors (Lipinski definition) is 5. The molecule has 0 aliphatic carbocycles. The van der Waals surface area contributed by atoms with Gasteiger partial charge in [0.15, 0.2) is 17.5 Å². The first-order chi connectivity index (χ1) is 21.3. The van der Waals surface area contributed by atoms with Crippen LogP contribution < -0.4 is 0 Å². The zero-order chi connectivity index (χ0) is 28.3. The first-order valence-electron chi connectivity index (χ1n) is 14.2. The highest BCUT2D eigenvalue weighted by atomic mass is 16.3. The van der Waals surface area contributed by atoms with Crippen LogP contribution in [0, 0.1) is 0 Å². The van der Waals surface area contributed by atoms with Crippen molar-refractivity contribution in [2.45, 2.75) is 0 Å². The van der Waals surface area contributed by atoms with E-state index in [2.05, 4.69) is 65.6 Å². The van der Waals surface area contributed by atoms with E-state index in [-0.39, 0.29) is 0 Å². The lowest BCUT2D eigenvalue weighted by atomic mass is 9.97. The van der Waals surface area contributed by atoms with Crippen molar-refractivity contribution in [1.29, 1.82) is 0 Å². The minimum atomic E-state index is 0.608. The maximum atomic E-state index is 6.18. The number of aromatic nitrogens is 4. The van der Waals surface area contributed by atoms with Gasteiger partial charge in [-0.05, 0) is 51.9 Å². The van der Waals surface area contributed by atoms with Crippen LogP contribution in [-0.2, 0) is 0 Å². The number of para-hydroxylation sites is 1. The molecule has 0 N–H and O–H groups in total. The van der Waals surface area contributed by atoms with Crippen molar-refractivity contribution in [3.05, 3.63) is 134 Å². The molecule has 9 aromatic rings. The van der Waals surface area contributed by atoms with E-state index in [9.17, 15) is 0 Å². The number of pyridine rings is 1. The molecule has 6 aromatic carbocycles. The molecule has 0 spiro atoms. The number of hydrogen-bond donors (Lipinski definition) is 0. The Morgan fingerprint density at radius 3 is 2.12 bits per heavy atom. The third-order valence-electron chi connectivity index (χ3n) is 8.15. The largest absolute Gasteiger partial charge is 0.456 e. The fourth-order valence-electron chi connectivity index (χ4n) is 6.16. The molecule has 0 amide bonds. The maximum absolute atomic E-state index is 6.18. The Morgan fingerprint density at radius 1 is 0.442 bits per heavy atom. The summed E-state index contributed by atoms with van der Waals surface area (Å²) in [4.78, 5) is 19.7. The van der Waals surface area contributed by atoms with Gasteiger partial charge < -0.3 is 4.42 Å². The summed E-state index contributed by atoms with van der Waals surface area (Å²) in [7, 11) is 0. The Morgan fingerprint density at radius 2 is 1.19 bits per heavy atom. The lowest BCUT2D eigenvalue weighted by Gasteiger charge is -2.11. The quantitative estimate of drug-likeness (QED) is 0.205. The van der Waals surface area contributed by atoms with Gasteiger partial charge >= 0.3 is 0 Å². The van der Waals surface area contributed by atoms with Gasteiger partial charge in [0.25, 0.3) is 0 Å². The molecule has 0 atom stereocenters. The molecule has 43 heavy (non-hydrogen) atoms. The van der Waals surface area contributed by atoms with E-state index in [0.29, 0.717) is 17.5 Å². The number of benzene rings is 6. The molecule has 9 rings (SSSR count). The average molecular weight is 551 g/mol. The minimum absolute atomic E-state index is 0.608. The molecule has 5 heteroatoms. The molecule has 200 valence electrons. The van der Waals surface area contributed by atoms with Crippen molar-refractivity contribution in [1.82, 2.24) is 19.9 Å². The molecule has 3 heterocycles. The summed E-state index contributed by atoms with van der Waals surface area (Å²) in [5.41, 5.74) is 5.40. The van der Waals surface area contributed by atoms with Gasteiger partial charge in [-0.15, -0.1) is 0 Å². The maximum Gasteiger partial charge on any atom is 0.164 e. The van der Waals surface area contributed by atoms with Crippen molar-refractivity contribution in [3.63, 3.8) is 0 Å². The van der Waals surface area contributed by atoms with Gasteiger partial charge in [-0.2, -0.15) is 0 Å². The highest BCUT2D eigenvalue weighted by Crippen LogP contribution is 2.37. The predicted octanol–water partition coefficient (Wildman–Crippen LogP) is 9.63. The van der Waals surface area contributed by atoms with E-state index in [1.807, 2.05) is 72.9 Å². The lowest BCUT2D eigenvalue weighted by Crippen LogP contribution is -2.00. The molecule has 0 fully saturated rings. The van der Waals surface area contributed by atoms with Crippen LogP contribution in [0.5, 0.6) is 0 Å². The number of nitrogens with zero attached hydrogens (tertiary/aromatic N) is 4. The van der Waals surface area contributed by atoms with E-state index in [1.54, 1.807) is 0 Å². The molecule has 3 aromatic heterocycles. The first-order valence-corrected chi connectivity index (χ1v) is 14.2. The van der Waals surface area contributed by atoms with Crippen molar-refractivity contribution < 1.29 is 4.42 Å². The predicted molar refractivity (Wildman–Crippen MR) is 174 cm³/mol. The lowest BCUT2D eigenvalue weighted by molar-refractivity contribution is 0.669. The van der Waals surface area contributed by atoms with Gasteiger partial charge in [-0.3, -0.25) is 4.98 Å². The number of rotatable bonds is 3. The van der Waals surface area contributed by atoms with Crippen LogP contribution in [0.4, 0.5) is 0 Å². The first kappa shape index (κ1) is 23.7. The van der Waals surface area contributed by atoms with E-state index < -0.39 is 0 Å². The second kappa shape index (κ2) is 9.29. The Hall–Kier alpha value is -5.94. The molecular weight excluding hydrogens is 528 g/mol. The highest BCUT2D eigenvalue weighted by molar-refractivity contribution is 6.20. The number of furan rings is 1. The summed E-state index contributed by atoms with van der Waals surface area (Å²) < 4.78 is 6.18. The summed E-state index contributed by atoms with van der Waals surface area (Å²) in [6, 6.07) is 43.4. The molecular formula is C38H22N4O. The Balaban J connectivity index is 1.29. The molecule has 0 bridgehead atoms. The van der Waals surface area contributed by atoms with Gasteiger partial charge in [-0.1, -0.05) is 97.1 Å². The fraction of sp³-hybridized carbons (Fsp3) is 0. The van der Waals surface area contributed by atoms with Gasteiger partial charge in [-0.25, -0.2) is 15.0 Å². The third kappa shape index (κ3) is 3.79. The average Bonchev–Trinajstić information content (AvgIpc) is 3.47. The Bertz CT molecular complexity index is 2520. The standard InChI is InChI=1S/C38H22N4O/c1-2-8-24(9-3-1)36-40-37(42-38(41-36)30-11-6-14-33-35(30)29-10-4-5-13-32(29)43-33)26-17-19-27-25(22-26)16-15-23-18-20-31-28(34(23)27)12-7-21-39-31/h1-22H. The van der Waals surface area contributed by atoms with Crippen molar-refractivity contribution >= 4 is 54.4 Å². The van der Waals surface area contributed by atoms with Crippen molar-refractivity contribution in [2.75, 3.05) is 0 Å².